The molecule has 2 heterocycles. The zero-order valence-electron chi connectivity index (χ0n) is 13.7. The summed E-state index contributed by atoms with van der Waals surface area (Å²) in [5.41, 5.74) is 0.104. The van der Waals surface area contributed by atoms with E-state index in [4.69, 9.17) is 4.74 Å². The summed E-state index contributed by atoms with van der Waals surface area (Å²) >= 11 is 0. The fraction of sp³-hybridized carbons (Fsp3) is 0.611. The molecule has 1 aromatic rings. The summed E-state index contributed by atoms with van der Waals surface area (Å²) in [6.45, 7) is 0. The van der Waals surface area contributed by atoms with Crippen LogP contribution in [0.1, 0.15) is 43.2 Å². The average molecular weight is 341 g/mol. The molecule has 3 nitrogen and oxygen atoms in total. The number of ether oxygens (including phenoxy) is 1. The van der Waals surface area contributed by atoms with Crippen LogP contribution in [0.4, 0.5) is 13.2 Å². The number of hydrogen-bond acceptors (Lipinski definition) is 2. The quantitative estimate of drug-likeness (QED) is 0.833. The third-order valence-electron chi connectivity index (χ3n) is 5.22. The maximum atomic E-state index is 12.6. The van der Waals surface area contributed by atoms with E-state index in [0.29, 0.717) is 12.8 Å². The third kappa shape index (κ3) is 3.58. The van der Waals surface area contributed by atoms with Crippen LogP contribution < -0.4 is 0 Å². The van der Waals surface area contributed by atoms with Crippen molar-refractivity contribution in [3.8, 4) is 0 Å². The Bertz CT molecular complexity index is 571. The largest absolute Gasteiger partial charge is 0.416 e. The Labute approximate surface area is 139 Å². The van der Waals surface area contributed by atoms with Crippen LogP contribution in [-0.2, 0) is 22.1 Å². The smallest absolute Gasteiger partial charge is 0.381 e. The Hall–Kier alpha value is -1.56. The molecule has 6 heteroatoms. The SMILES string of the molecule is COC1CC2CCC(C1)N2C(=O)CCc1ccc(C(F)(F)F)cc1. The molecule has 2 atom stereocenters. The fourth-order valence-corrected chi connectivity index (χ4v) is 3.97. The van der Waals surface area contributed by atoms with Gasteiger partial charge in [-0.1, -0.05) is 12.1 Å². The minimum atomic E-state index is -4.32. The molecule has 2 fully saturated rings. The molecule has 0 aromatic heterocycles. The van der Waals surface area contributed by atoms with Gasteiger partial charge in [-0.2, -0.15) is 13.2 Å². The molecule has 1 aromatic carbocycles. The highest BCUT2D eigenvalue weighted by atomic mass is 19.4. The number of nitrogens with zero attached hydrogens (tertiary/aromatic N) is 1. The van der Waals surface area contributed by atoms with Gasteiger partial charge in [0.15, 0.2) is 0 Å². The maximum Gasteiger partial charge on any atom is 0.416 e. The molecule has 3 rings (SSSR count). The van der Waals surface area contributed by atoms with Crippen molar-refractivity contribution in [2.45, 2.75) is 62.9 Å². The number of alkyl halides is 3. The van der Waals surface area contributed by atoms with Gasteiger partial charge in [-0.15, -0.1) is 0 Å². The van der Waals surface area contributed by atoms with Crippen molar-refractivity contribution < 1.29 is 22.7 Å². The van der Waals surface area contributed by atoms with Gasteiger partial charge in [-0.25, -0.2) is 0 Å². The molecule has 0 aliphatic carbocycles. The minimum Gasteiger partial charge on any atom is -0.381 e. The molecule has 2 unspecified atom stereocenters. The van der Waals surface area contributed by atoms with Crippen molar-refractivity contribution in [2.24, 2.45) is 0 Å². The Kier molecular flexibility index (Phi) is 4.85. The number of amides is 1. The Morgan fingerprint density at radius 3 is 2.25 bits per heavy atom. The van der Waals surface area contributed by atoms with Crippen molar-refractivity contribution in [3.05, 3.63) is 35.4 Å². The number of hydrogen-bond donors (Lipinski definition) is 0. The lowest BCUT2D eigenvalue weighted by atomic mass is 9.98. The number of methoxy groups -OCH3 is 1. The monoisotopic (exact) mass is 341 g/mol. The van der Waals surface area contributed by atoms with E-state index in [-0.39, 0.29) is 24.1 Å². The molecule has 2 saturated heterocycles. The number of carbonyl (C=O) groups is 1. The molecule has 0 spiro atoms. The number of halogens is 3. The Balaban J connectivity index is 1.56. The highest BCUT2D eigenvalue weighted by Crippen LogP contribution is 2.37. The number of rotatable bonds is 4. The Morgan fingerprint density at radius 2 is 1.75 bits per heavy atom. The summed E-state index contributed by atoms with van der Waals surface area (Å²) in [5, 5.41) is 0. The zero-order chi connectivity index (χ0) is 17.3. The standard InChI is InChI=1S/C18H22F3NO2/c1-24-16-10-14-7-8-15(11-16)22(14)17(23)9-4-12-2-5-13(6-3-12)18(19,20)21/h2-3,5-6,14-16H,4,7-11H2,1H3. The van der Waals surface area contributed by atoms with Crippen molar-refractivity contribution in [3.63, 3.8) is 0 Å². The second-order valence-corrected chi connectivity index (χ2v) is 6.71. The molecule has 132 valence electrons. The molecule has 0 saturated carbocycles. The van der Waals surface area contributed by atoms with Crippen molar-refractivity contribution >= 4 is 5.91 Å². The van der Waals surface area contributed by atoms with E-state index in [1.54, 1.807) is 7.11 Å². The Morgan fingerprint density at radius 1 is 1.17 bits per heavy atom. The van der Waals surface area contributed by atoms with Gasteiger partial charge in [0.1, 0.15) is 0 Å². The van der Waals surface area contributed by atoms with Crippen LogP contribution in [-0.4, -0.2) is 36.1 Å². The van der Waals surface area contributed by atoms with Crippen LogP contribution in [0.5, 0.6) is 0 Å². The molecular formula is C18H22F3NO2. The lowest BCUT2D eigenvalue weighted by Crippen LogP contribution is -2.48. The first-order valence-corrected chi connectivity index (χ1v) is 8.38. The first kappa shape index (κ1) is 17.3. The van der Waals surface area contributed by atoms with E-state index in [0.717, 1.165) is 43.4 Å². The van der Waals surface area contributed by atoms with E-state index < -0.39 is 11.7 Å². The predicted octanol–water partition coefficient (Wildman–Crippen LogP) is 3.81. The zero-order valence-corrected chi connectivity index (χ0v) is 13.7. The van der Waals surface area contributed by atoms with Crippen LogP contribution in [0, 0.1) is 0 Å². The molecule has 2 aliphatic rings. The average Bonchev–Trinajstić information content (AvgIpc) is 2.82. The van der Waals surface area contributed by atoms with Crippen LogP contribution >= 0.6 is 0 Å². The van der Waals surface area contributed by atoms with E-state index in [1.165, 1.54) is 12.1 Å². The van der Waals surface area contributed by atoms with Gasteiger partial charge >= 0.3 is 6.18 Å². The summed E-state index contributed by atoms with van der Waals surface area (Å²) < 4.78 is 43.1. The van der Waals surface area contributed by atoms with E-state index in [1.807, 2.05) is 4.90 Å². The van der Waals surface area contributed by atoms with Crippen molar-refractivity contribution in [1.82, 2.24) is 4.90 Å². The van der Waals surface area contributed by atoms with Crippen LogP contribution in [0.3, 0.4) is 0 Å². The first-order valence-electron chi connectivity index (χ1n) is 8.38. The number of piperidine rings is 1. The van der Waals surface area contributed by atoms with Gasteiger partial charge in [-0.3, -0.25) is 4.79 Å². The van der Waals surface area contributed by atoms with Crippen LogP contribution in [0.2, 0.25) is 0 Å². The lowest BCUT2D eigenvalue weighted by molar-refractivity contribution is -0.138. The first-order chi connectivity index (χ1) is 11.4. The fourth-order valence-electron chi connectivity index (χ4n) is 3.97. The van der Waals surface area contributed by atoms with E-state index in [9.17, 15) is 18.0 Å². The molecule has 24 heavy (non-hydrogen) atoms. The number of fused-ring (bicyclic) bond motifs is 2. The van der Waals surface area contributed by atoms with Gasteiger partial charge < -0.3 is 9.64 Å². The van der Waals surface area contributed by atoms with E-state index in [2.05, 4.69) is 0 Å². The van der Waals surface area contributed by atoms with Gasteiger partial charge in [-0.05, 0) is 49.8 Å². The second-order valence-electron chi connectivity index (χ2n) is 6.71. The summed E-state index contributed by atoms with van der Waals surface area (Å²) in [7, 11) is 1.71. The minimum absolute atomic E-state index is 0.108. The highest BCUT2D eigenvalue weighted by Gasteiger charge is 2.42. The van der Waals surface area contributed by atoms with Crippen molar-refractivity contribution in [1.29, 1.82) is 0 Å². The number of aryl methyl sites for hydroxylation is 1. The van der Waals surface area contributed by atoms with Crippen LogP contribution in [0.15, 0.2) is 24.3 Å². The third-order valence-corrected chi connectivity index (χ3v) is 5.22. The number of benzene rings is 1. The molecule has 0 N–H and O–H groups in total. The lowest BCUT2D eigenvalue weighted by Gasteiger charge is -2.38. The predicted molar refractivity (Wildman–Crippen MR) is 83.5 cm³/mol. The molecule has 0 radical (unpaired) electrons. The summed E-state index contributed by atoms with van der Waals surface area (Å²) in [6.07, 6.45) is 0.558. The van der Waals surface area contributed by atoms with Crippen molar-refractivity contribution in [2.75, 3.05) is 7.11 Å². The molecular weight excluding hydrogens is 319 g/mol. The summed E-state index contributed by atoms with van der Waals surface area (Å²) in [4.78, 5) is 14.6. The molecule has 2 aliphatic heterocycles. The topological polar surface area (TPSA) is 29.5 Å². The van der Waals surface area contributed by atoms with Gasteiger partial charge in [0.05, 0.1) is 11.7 Å². The second kappa shape index (κ2) is 6.75. The van der Waals surface area contributed by atoms with Gasteiger partial charge in [0, 0.05) is 25.6 Å². The molecule has 1 amide bonds. The van der Waals surface area contributed by atoms with Crippen LogP contribution in [0.25, 0.3) is 0 Å². The highest BCUT2D eigenvalue weighted by molar-refractivity contribution is 5.77. The normalized spacial score (nSPS) is 26.7. The molecule has 2 bridgehead atoms. The maximum absolute atomic E-state index is 12.6. The summed E-state index contributed by atoms with van der Waals surface area (Å²) in [5.74, 6) is 0.108. The van der Waals surface area contributed by atoms with Gasteiger partial charge in [0.25, 0.3) is 0 Å². The van der Waals surface area contributed by atoms with Gasteiger partial charge in [0.2, 0.25) is 5.91 Å². The number of carbonyl (C=O) groups excluding carboxylic acids is 1. The van der Waals surface area contributed by atoms with E-state index >= 15 is 0 Å². The summed E-state index contributed by atoms with van der Waals surface area (Å²) in [6, 6.07) is 5.59.